The number of benzene rings is 1. The lowest BCUT2D eigenvalue weighted by Crippen LogP contribution is -2.56. The monoisotopic (exact) mass is 337 g/mol. The van der Waals surface area contributed by atoms with Gasteiger partial charge in [-0.05, 0) is 56.2 Å². The summed E-state index contributed by atoms with van der Waals surface area (Å²) in [6.07, 6.45) is 5.13. The fraction of sp³-hybridized carbons (Fsp3) is 0.647. The first-order valence-corrected chi connectivity index (χ1v) is 8.54. The first-order chi connectivity index (χ1) is 9.58. The molecule has 3 heteroatoms. The standard InChI is InChI=1S/C17H24BrNO/c1-12-6-8-17(9-7-12)11-19-13(2)16(20-17)14-4-3-5-15(18)10-14/h3-5,10,12-13,16,19H,6-9,11H2,1-2H3. The Morgan fingerprint density at radius 3 is 2.70 bits per heavy atom. The Morgan fingerprint density at radius 1 is 1.25 bits per heavy atom. The molecule has 1 spiro atoms. The molecule has 0 radical (unpaired) electrons. The molecule has 2 fully saturated rings. The van der Waals surface area contributed by atoms with E-state index in [0.717, 1.165) is 16.9 Å². The van der Waals surface area contributed by atoms with Gasteiger partial charge in [0.25, 0.3) is 0 Å². The van der Waals surface area contributed by atoms with Crippen LogP contribution in [-0.2, 0) is 4.74 Å². The zero-order valence-corrected chi connectivity index (χ0v) is 13.9. The minimum atomic E-state index is 0.0615. The molecule has 2 unspecified atom stereocenters. The van der Waals surface area contributed by atoms with Gasteiger partial charge in [-0.25, -0.2) is 0 Å². The number of morpholine rings is 1. The highest BCUT2D eigenvalue weighted by atomic mass is 79.9. The molecule has 1 aliphatic carbocycles. The Balaban J connectivity index is 1.80. The quantitative estimate of drug-likeness (QED) is 0.817. The fourth-order valence-corrected chi connectivity index (χ4v) is 3.91. The second-order valence-electron chi connectivity index (χ2n) is 6.63. The van der Waals surface area contributed by atoms with Crippen LogP contribution in [0.15, 0.2) is 28.7 Å². The average Bonchev–Trinajstić information content (AvgIpc) is 2.45. The first kappa shape index (κ1) is 14.6. The summed E-state index contributed by atoms with van der Waals surface area (Å²) in [6, 6.07) is 8.91. The van der Waals surface area contributed by atoms with Gasteiger partial charge < -0.3 is 10.1 Å². The number of ether oxygens (including phenoxy) is 1. The van der Waals surface area contributed by atoms with E-state index in [9.17, 15) is 0 Å². The third kappa shape index (κ3) is 2.95. The molecule has 0 amide bonds. The van der Waals surface area contributed by atoms with E-state index in [1.165, 1.54) is 31.2 Å². The highest BCUT2D eigenvalue weighted by Gasteiger charge is 2.42. The van der Waals surface area contributed by atoms with Crippen LogP contribution in [0.1, 0.15) is 51.2 Å². The van der Waals surface area contributed by atoms with Crippen LogP contribution in [0.3, 0.4) is 0 Å². The van der Waals surface area contributed by atoms with Crippen molar-refractivity contribution >= 4 is 15.9 Å². The minimum absolute atomic E-state index is 0.0615. The van der Waals surface area contributed by atoms with Crippen molar-refractivity contribution in [2.24, 2.45) is 5.92 Å². The highest BCUT2D eigenvalue weighted by molar-refractivity contribution is 9.10. The molecule has 2 atom stereocenters. The molecule has 1 saturated heterocycles. The lowest BCUT2D eigenvalue weighted by molar-refractivity contribution is -0.155. The predicted octanol–water partition coefficient (Wildman–Crippen LogP) is 4.45. The van der Waals surface area contributed by atoms with Crippen molar-refractivity contribution in [2.75, 3.05) is 6.54 Å². The molecule has 0 bridgehead atoms. The fourth-order valence-electron chi connectivity index (χ4n) is 3.49. The van der Waals surface area contributed by atoms with E-state index in [0.29, 0.717) is 6.04 Å². The third-order valence-corrected chi connectivity index (χ3v) is 5.43. The largest absolute Gasteiger partial charge is 0.364 e. The lowest BCUT2D eigenvalue weighted by atomic mass is 9.78. The molecule has 1 aromatic carbocycles. The summed E-state index contributed by atoms with van der Waals surface area (Å²) in [4.78, 5) is 0. The van der Waals surface area contributed by atoms with Crippen molar-refractivity contribution < 1.29 is 4.74 Å². The topological polar surface area (TPSA) is 21.3 Å². The van der Waals surface area contributed by atoms with Crippen molar-refractivity contribution in [2.45, 2.75) is 57.3 Å². The number of hydrogen-bond donors (Lipinski definition) is 1. The second kappa shape index (κ2) is 5.78. The van der Waals surface area contributed by atoms with Gasteiger partial charge in [0.1, 0.15) is 0 Å². The van der Waals surface area contributed by atoms with E-state index in [1.54, 1.807) is 0 Å². The van der Waals surface area contributed by atoms with E-state index in [2.05, 4.69) is 59.4 Å². The van der Waals surface area contributed by atoms with Crippen molar-refractivity contribution in [3.05, 3.63) is 34.3 Å². The maximum absolute atomic E-state index is 6.63. The number of rotatable bonds is 1. The Hall–Kier alpha value is -0.380. The number of halogens is 1. The van der Waals surface area contributed by atoms with Crippen LogP contribution in [0.5, 0.6) is 0 Å². The van der Waals surface area contributed by atoms with E-state index in [4.69, 9.17) is 4.74 Å². The molecule has 2 aliphatic rings. The van der Waals surface area contributed by atoms with Crippen molar-refractivity contribution in [1.82, 2.24) is 5.32 Å². The molecule has 0 aromatic heterocycles. The van der Waals surface area contributed by atoms with Crippen LogP contribution < -0.4 is 5.32 Å². The van der Waals surface area contributed by atoms with Crippen LogP contribution in [-0.4, -0.2) is 18.2 Å². The lowest BCUT2D eigenvalue weighted by Gasteiger charge is -2.48. The van der Waals surface area contributed by atoms with Crippen LogP contribution in [0.25, 0.3) is 0 Å². The predicted molar refractivity (Wildman–Crippen MR) is 85.8 cm³/mol. The smallest absolute Gasteiger partial charge is 0.0983 e. The first-order valence-electron chi connectivity index (χ1n) is 7.75. The number of nitrogens with one attached hydrogen (secondary N) is 1. The van der Waals surface area contributed by atoms with Gasteiger partial charge in [-0.15, -0.1) is 0 Å². The van der Waals surface area contributed by atoms with E-state index >= 15 is 0 Å². The number of hydrogen-bond acceptors (Lipinski definition) is 2. The molecule has 20 heavy (non-hydrogen) atoms. The SMILES string of the molecule is CC1CCC2(CC1)CNC(C)C(c1cccc(Br)c1)O2. The average molecular weight is 338 g/mol. The summed E-state index contributed by atoms with van der Waals surface area (Å²) in [7, 11) is 0. The maximum atomic E-state index is 6.63. The van der Waals surface area contributed by atoms with Gasteiger partial charge in [0.15, 0.2) is 0 Å². The molecule has 1 heterocycles. The Labute approximate surface area is 130 Å². The van der Waals surface area contributed by atoms with Gasteiger partial charge in [0, 0.05) is 17.1 Å². The van der Waals surface area contributed by atoms with Gasteiger partial charge in [0.05, 0.1) is 11.7 Å². The van der Waals surface area contributed by atoms with Crippen molar-refractivity contribution in [3.63, 3.8) is 0 Å². The molecule has 1 aromatic rings. The zero-order valence-electron chi connectivity index (χ0n) is 12.4. The summed E-state index contributed by atoms with van der Waals surface area (Å²) in [5.41, 5.74) is 1.34. The van der Waals surface area contributed by atoms with Gasteiger partial charge >= 0.3 is 0 Å². The van der Waals surface area contributed by atoms with Gasteiger partial charge in [0.2, 0.25) is 0 Å². The normalized spacial score (nSPS) is 38.0. The Morgan fingerprint density at radius 2 is 2.00 bits per heavy atom. The molecule has 2 nitrogen and oxygen atoms in total. The van der Waals surface area contributed by atoms with E-state index < -0.39 is 0 Å². The van der Waals surface area contributed by atoms with E-state index in [1.807, 2.05) is 0 Å². The third-order valence-electron chi connectivity index (χ3n) is 4.94. The summed E-state index contributed by atoms with van der Waals surface area (Å²) in [6.45, 7) is 5.59. The van der Waals surface area contributed by atoms with Crippen LogP contribution >= 0.6 is 15.9 Å². The summed E-state index contributed by atoms with van der Waals surface area (Å²) >= 11 is 3.57. The molecule has 3 rings (SSSR count). The summed E-state index contributed by atoms with van der Waals surface area (Å²) < 4.78 is 7.76. The Kier molecular flexibility index (Phi) is 4.21. The van der Waals surface area contributed by atoms with Crippen LogP contribution in [0, 0.1) is 5.92 Å². The minimum Gasteiger partial charge on any atom is -0.364 e. The van der Waals surface area contributed by atoms with Crippen molar-refractivity contribution in [3.8, 4) is 0 Å². The summed E-state index contributed by atoms with van der Waals surface area (Å²) in [5.74, 6) is 0.855. The molecule has 1 saturated carbocycles. The van der Waals surface area contributed by atoms with Crippen LogP contribution in [0.4, 0.5) is 0 Å². The van der Waals surface area contributed by atoms with Crippen molar-refractivity contribution in [1.29, 1.82) is 0 Å². The zero-order chi connectivity index (χ0) is 14.2. The molecule has 1 aliphatic heterocycles. The highest BCUT2D eigenvalue weighted by Crippen LogP contribution is 2.41. The van der Waals surface area contributed by atoms with Gasteiger partial charge in [-0.1, -0.05) is 35.0 Å². The van der Waals surface area contributed by atoms with E-state index in [-0.39, 0.29) is 11.7 Å². The van der Waals surface area contributed by atoms with Gasteiger partial charge in [-0.3, -0.25) is 0 Å². The maximum Gasteiger partial charge on any atom is 0.0983 e. The second-order valence-corrected chi connectivity index (χ2v) is 7.54. The molecule has 110 valence electrons. The Bertz CT molecular complexity index is 462. The molecular weight excluding hydrogens is 314 g/mol. The molecular formula is C17H24BrNO. The summed E-state index contributed by atoms with van der Waals surface area (Å²) in [5, 5.41) is 3.69. The molecule has 1 N–H and O–H groups in total. The van der Waals surface area contributed by atoms with Gasteiger partial charge in [-0.2, -0.15) is 0 Å². The van der Waals surface area contributed by atoms with Crippen LogP contribution in [0.2, 0.25) is 0 Å².